The van der Waals surface area contributed by atoms with Crippen LogP contribution in [0, 0.1) is 24.0 Å². The first-order valence-corrected chi connectivity index (χ1v) is 11.0. The van der Waals surface area contributed by atoms with Gasteiger partial charge in [0.25, 0.3) is 17.5 Å². The Labute approximate surface area is 197 Å². The molecule has 0 saturated heterocycles. The normalized spacial score (nSPS) is 13.0. The van der Waals surface area contributed by atoms with E-state index in [1.54, 1.807) is 30.3 Å². The van der Waals surface area contributed by atoms with Gasteiger partial charge in [-0.15, -0.1) is 0 Å². The number of benzene rings is 4. The zero-order chi connectivity index (χ0) is 23.4. The molecule has 0 N–H and O–H groups in total. The summed E-state index contributed by atoms with van der Waals surface area (Å²) in [6, 6.07) is 19.0. The molecule has 0 radical (unpaired) electrons. The molecule has 0 aromatic heterocycles. The lowest BCUT2D eigenvalue weighted by atomic mass is 9.86. The van der Waals surface area contributed by atoms with Crippen LogP contribution in [-0.2, 0) is 0 Å². The van der Waals surface area contributed by atoms with E-state index in [-0.39, 0.29) is 11.3 Å². The Morgan fingerprint density at radius 1 is 0.818 bits per heavy atom. The number of para-hydroxylation sites is 1. The van der Waals surface area contributed by atoms with E-state index in [1.165, 1.54) is 6.07 Å². The molecular formula is C26H17BrN2O4. The lowest BCUT2D eigenvalue weighted by molar-refractivity contribution is -0.384. The van der Waals surface area contributed by atoms with Crippen LogP contribution in [0.5, 0.6) is 0 Å². The highest BCUT2D eigenvalue weighted by Crippen LogP contribution is 2.44. The number of carbonyl (C=O) groups is 2. The predicted octanol–water partition coefficient (Wildman–Crippen LogP) is 6.59. The summed E-state index contributed by atoms with van der Waals surface area (Å²) in [6.07, 6.45) is 0. The second kappa shape index (κ2) is 7.64. The summed E-state index contributed by atoms with van der Waals surface area (Å²) in [4.78, 5) is 39.9. The van der Waals surface area contributed by atoms with Crippen LogP contribution in [-0.4, -0.2) is 16.7 Å². The molecule has 0 fully saturated rings. The quantitative estimate of drug-likeness (QED) is 0.180. The number of hydrogen-bond acceptors (Lipinski definition) is 4. The van der Waals surface area contributed by atoms with Crippen molar-refractivity contribution in [1.29, 1.82) is 0 Å². The van der Waals surface area contributed by atoms with Crippen molar-refractivity contribution in [3.63, 3.8) is 0 Å². The molecule has 1 heterocycles. The molecule has 0 atom stereocenters. The SMILES string of the molecule is Cc1cc(Br)ccc1-c1c([N+](=O)[O-])cc2c3c(cccc13)C(=O)N(c1ccccc1C)C2=O. The van der Waals surface area contributed by atoms with Gasteiger partial charge in [-0.1, -0.05) is 52.3 Å². The zero-order valence-corrected chi connectivity index (χ0v) is 19.3. The summed E-state index contributed by atoms with van der Waals surface area (Å²) < 4.78 is 0.855. The lowest BCUT2D eigenvalue weighted by Crippen LogP contribution is -2.41. The number of nitro groups is 1. The second-order valence-electron chi connectivity index (χ2n) is 7.99. The Bertz CT molecular complexity index is 1530. The van der Waals surface area contributed by atoms with E-state index in [1.807, 2.05) is 44.2 Å². The summed E-state index contributed by atoms with van der Waals surface area (Å²) in [6.45, 7) is 3.68. The van der Waals surface area contributed by atoms with Crippen LogP contribution in [0.25, 0.3) is 21.9 Å². The van der Waals surface area contributed by atoms with E-state index in [9.17, 15) is 19.7 Å². The van der Waals surface area contributed by atoms with Crippen LogP contribution >= 0.6 is 15.9 Å². The van der Waals surface area contributed by atoms with Gasteiger partial charge in [-0.25, -0.2) is 4.90 Å². The van der Waals surface area contributed by atoms with E-state index in [4.69, 9.17) is 0 Å². The molecule has 162 valence electrons. The molecule has 0 aliphatic carbocycles. The van der Waals surface area contributed by atoms with Gasteiger partial charge in [-0.05, 0) is 60.2 Å². The summed E-state index contributed by atoms with van der Waals surface area (Å²) in [7, 11) is 0. The van der Waals surface area contributed by atoms with Gasteiger partial charge in [0.05, 0.1) is 21.7 Å². The van der Waals surface area contributed by atoms with Crippen molar-refractivity contribution in [3.8, 4) is 11.1 Å². The topological polar surface area (TPSA) is 80.5 Å². The fourth-order valence-electron chi connectivity index (χ4n) is 4.52. The van der Waals surface area contributed by atoms with Crippen LogP contribution < -0.4 is 4.90 Å². The molecular weight excluding hydrogens is 484 g/mol. The zero-order valence-electron chi connectivity index (χ0n) is 17.8. The maximum absolute atomic E-state index is 13.6. The number of hydrogen-bond donors (Lipinski definition) is 0. The van der Waals surface area contributed by atoms with E-state index >= 15 is 0 Å². The number of halogens is 1. The molecule has 0 unspecified atom stereocenters. The number of imide groups is 1. The summed E-state index contributed by atoms with van der Waals surface area (Å²) in [5, 5.41) is 13.1. The van der Waals surface area contributed by atoms with Gasteiger partial charge in [0.15, 0.2) is 0 Å². The number of nitrogens with zero attached hydrogens (tertiary/aromatic N) is 2. The molecule has 7 heteroatoms. The van der Waals surface area contributed by atoms with Crippen LogP contribution in [0.2, 0.25) is 0 Å². The minimum absolute atomic E-state index is 0.147. The van der Waals surface area contributed by atoms with Crippen LogP contribution in [0.1, 0.15) is 31.8 Å². The smallest absolute Gasteiger partial charge is 0.268 e. The van der Waals surface area contributed by atoms with Gasteiger partial charge in [0, 0.05) is 21.5 Å². The lowest BCUT2D eigenvalue weighted by Gasteiger charge is -2.29. The Kier molecular flexibility index (Phi) is 4.87. The van der Waals surface area contributed by atoms with Crippen molar-refractivity contribution in [2.45, 2.75) is 13.8 Å². The van der Waals surface area contributed by atoms with Crippen molar-refractivity contribution < 1.29 is 14.5 Å². The summed E-state index contributed by atoms with van der Waals surface area (Å²) in [5.41, 5.74) is 3.45. The molecule has 1 aliphatic rings. The van der Waals surface area contributed by atoms with Crippen LogP contribution in [0.4, 0.5) is 11.4 Å². The molecule has 1 aliphatic heterocycles. The highest BCUT2D eigenvalue weighted by Gasteiger charge is 2.37. The third-order valence-corrected chi connectivity index (χ3v) is 6.51. The molecule has 4 aromatic rings. The van der Waals surface area contributed by atoms with Crippen molar-refractivity contribution in [3.05, 3.63) is 104 Å². The van der Waals surface area contributed by atoms with Gasteiger partial charge in [0.1, 0.15) is 0 Å². The fourth-order valence-corrected chi connectivity index (χ4v) is 4.99. The van der Waals surface area contributed by atoms with E-state index in [0.29, 0.717) is 33.2 Å². The van der Waals surface area contributed by atoms with Crippen molar-refractivity contribution in [1.82, 2.24) is 0 Å². The number of rotatable bonds is 3. The van der Waals surface area contributed by atoms with E-state index in [2.05, 4.69) is 15.9 Å². The summed E-state index contributed by atoms with van der Waals surface area (Å²) in [5.74, 6) is -1.01. The number of carbonyl (C=O) groups excluding carboxylic acids is 2. The molecule has 0 spiro atoms. The Hall–Kier alpha value is -3.84. The minimum Gasteiger partial charge on any atom is -0.268 e. The van der Waals surface area contributed by atoms with Crippen molar-refractivity contribution in [2.24, 2.45) is 0 Å². The van der Waals surface area contributed by atoms with Crippen molar-refractivity contribution in [2.75, 3.05) is 4.90 Å². The first-order chi connectivity index (χ1) is 15.8. The molecule has 4 aromatic carbocycles. The highest BCUT2D eigenvalue weighted by molar-refractivity contribution is 9.10. The number of nitro benzene ring substituents is 1. The van der Waals surface area contributed by atoms with Gasteiger partial charge in [-0.2, -0.15) is 0 Å². The third kappa shape index (κ3) is 3.15. The largest absolute Gasteiger partial charge is 0.278 e. The highest BCUT2D eigenvalue weighted by atomic mass is 79.9. The second-order valence-corrected chi connectivity index (χ2v) is 8.91. The van der Waals surface area contributed by atoms with Gasteiger partial charge in [0.2, 0.25) is 0 Å². The van der Waals surface area contributed by atoms with E-state index < -0.39 is 16.7 Å². The maximum atomic E-state index is 13.6. The monoisotopic (exact) mass is 500 g/mol. The number of amides is 2. The van der Waals surface area contributed by atoms with Gasteiger partial charge in [-0.3, -0.25) is 19.7 Å². The fraction of sp³-hybridized carbons (Fsp3) is 0.0769. The predicted molar refractivity (Wildman–Crippen MR) is 131 cm³/mol. The Morgan fingerprint density at radius 3 is 2.24 bits per heavy atom. The number of aryl methyl sites for hydroxylation is 2. The number of anilines is 1. The standard InChI is InChI=1S/C26H17BrN2O4/c1-14-6-3-4-9-21(14)28-25(30)19-8-5-7-18-23(19)20(26(28)31)13-22(29(32)33)24(18)17-11-10-16(27)12-15(17)2/h3-13H,1-2H3. The maximum Gasteiger partial charge on any atom is 0.278 e. The molecule has 0 bridgehead atoms. The van der Waals surface area contributed by atoms with Crippen molar-refractivity contribution >= 4 is 49.9 Å². The first-order valence-electron chi connectivity index (χ1n) is 10.2. The molecule has 0 saturated carbocycles. The van der Waals surface area contributed by atoms with Gasteiger partial charge >= 0.3 is 0 Å². The van der Waals surface area contributed by atoms with Gasteiger partial charge < -0.3 is 0 Å². The minimum atomic E-state index is -0.569. The first kappa shape index (κ1) is 21.0. The molecule has 5 rings (SSSR count). The van der Waals surface area contributed by atoms with Crippen LogP contribution in [0.3, 0.4) is 0 Å². The third-order valence-electron chi connectivity index (χ3n) is 6.02. The Balaban J connectivity index is 1.87. The average molecular weight is 501 g/mol. The average Bonchev–Trinajstić information content (AvgIpc) is 2.78. The van der Waals surface area contributed by atoms with E-state index in [0.717, 1.165) is 20.5 Å². The van der Waals surface area contributed by atoms with Crippen LogP contribution in [0.15, 0.2) is 71.2 Å². The molecule has 33 heavy (non-hydrogen) atoms. The molecule has 2 amide bonds. The Morgan fingerprint density at radius 2 is 1.55 bits per heavy atom. The summed E-state index contributed by atoms with van der Waals surface area (Å²) >= 11 is 3.43. The molecule has 6 nitrogen and oxygen atoms in total.